The SMILES string of the molecule is CC[C@H](C)Nc1nc(N)c([N+](=O)[O-])c(Nc2ccc(Cl)cc2)n1. The molecule has 1 atom stereocenters. The summed E-state index contributed by atoms with van der Waals surface area (Å²) in [7, 11) is 0. The maximum atomic E-state index is 11.2. The smallest absolute Gasteiger partial charge is 0.353 e. The van der Waals surface area contributed by atoms with Crippen LogP contribution in [0.5, 0.6) is 0 Å². The minimum absolute atomic E-state index is 0.0237. The highest BCUT2D eigenvalue weighted by Crippen LogP contribution is 2.31. The van der Waals surface area contributed by atoms with Gasteiger partial charge in [-0.2, -0.15) is 9.97 Å². The fourth-order valence-corrected chi connectivity index (χ4v) is 1.92. The first-order valence-electron chi connectivity index (χ1n) is 7.01. The summed E-state index contributed by atoms with van der Waals surface area (Å²) >= 11 is 5.83. The van der Waals surface area contributed by atoms with Gasteiger partial charge in [0.2, 0.25) is 17.6 Å². The molecule has 0 saturated heterocycles. The van der Waals surface area contributed by atoms with Crippen molar-refractivity contribution in [1.29, 1.82) is 0 Å². The van der Waals surface area contributed by atoms with Crippen LogP contribution in [0.3, 0.4) is 0 Å². The minimum Gasteiger partial charge on any atom is -0.378 e. The number of nitrogen functional groups attached to an aromatic ring is 1. The molecule has 0 spiro atoms. The molecule has 0 radical (unpaired) electrons. The molecule has 4 N–H and O–H groups in total. The van der Waals surface area contributed by atoms with E-state index in [1.165, 1.54) is 0 Å². The van der Waals surface area contributed by atoms with Gasteiger partial charge in [0.1, 0.15) is 0 Å². The van der Waals surface area contributed by atoms with E-state index in [-0.39, 0.29) is 29.3 Å². The number of anilines is 4. The predicted molar refractivity (Wildman–Crippen MR) is 91.2 cm³/mol. The Balaban J connectivity index is 2.41. The van der Waals surface area contributed by atoms with Crippen LogP contribution in [-0.2, 0) is 0 Å². The molecule has 1 aromatic heterocycles. The highest BCUT2D eigenvalue weighted by Gasteiger charge is 2.23. The van der Waals surface area contributed by atoms with Gasteiger partial charge < -0.3 is 16.4 Å². The van der Waals surface area contributed by atoms with Gasteiger partial charge in [-0.15, -0.1) is 0 Å². The van der Waals surface area contributed by atoms with E-state index in [0.29, 0.717) is 10.7 Å². The quantitative estimate of drug-likeness (QED) is 0.544. The molecule has 9 heteroatoms. The maximum absolute atomic E-state index is 11.2. The van der Waals surface area contributed by atoms with E-state index >= 15 is 0 Å². The molecule has 2 rings (SSSR count). The molecule has 0 saturated carbocycles. The van der Waals surface area contributed by atoms with Crippen molar-refractivity contribution in [3.63, 3.8) is 0 Å². The number of nitrogens with one attached hydrogen (secondary N) is 2. The number of hydrogen-bond donors (Lipinski definition) is 3. The first-order chi connectivity index (χ1) is 10.9. The Morgan fingerprint density at radius 2 is 2.00 bits per heavy atom. The topological polar surface area (TPSA) is 119 Å². The van der Waals surface area contributed by atoms with Crippen molar-refractivity contribution in [2.24, 2.45) is 0 Å². The molecule has 0 fully saturated rings. The van der Waals surface area contributed by atoms with Gasteiger partial charge in [0, 0.05) is 16.8 Å². The first kappa shape index (κ1) is 16.8. The first-order valence-corrected chi connectivity index (χ1v) is 7.39. The lowest BCUT2D eigenvalue weighted by molar-refractivity contribution is -0.383. The maximum Gasteiger partial charge on any atom is 0.353 e. The number of nitrogens with two attached hydrogens (primary N) is 1. The number of rotatable bonds is 6. The fraction of sp³-hybridized carbons (Fsp3) is 0.286. The third-order valence-electron chi connectivity index (χ3n) is 3.19. The molecule has 0 amide bonds. The molecule has 0 bridgehead atoms. The van der Waals surface area contributed by atoms with Crippen molar-refractivity contribution in [2.75, 3.05) is 16.4 Å². The normalized spacial score (nSPS) is 11.8. The summed E-state index contributed by atoms with van der Waals surface area (Å²) in [5.74, 6) is 0.0572. The molecule has 0 aliphatic carbocycles. The molecule has 1 heterocycles. The van der Waals surface area contributed by atoms with Crippen LogP contribution in [0.1, 0.15) is 20.3 Å². The molecule has 2 aromatic rings. The lowest BCUT2D eigenvalue weighted by atomic mass is 10.3. The van der Waals surface area contributed by atoms with Crippen LogP contribution in [0.25, 0.3) is 0 Å². The van der Waals surface area contributed by atoms with Gasteiger partial charge in [-0.25, -0.2) is 0 Å². The lowest BCUT2D eigenvalue weighted by Crippen LogP contribution is -2.17. The van der Waals surface area contributed by atoms with E-state index < -0.39 is 4.92 Å². The average Bonchev–Trinajstić information content (AvgIpc) is 2.48. The van der Waals surface area contributed by atoms with E-state index in [4.69, 9.17) is 17.3 Å². The summed E-state index contributed by atoms with van der Waals surface area (Å²) in [6.07, 6.45) is 0.847. The molecule has 23 heavy (non-hydrogen) atoms. The Bertz CT molecular complexity index is 707. The number of aromatic nitrogens is 2. The van der Waals surface area contributed by atoms with Crippen LogP contribution in [0.4, 0.5) is 29.0 Å². The number of nitrogens with zero attached hydrogens (tertiary/aromatic N) is 3. The summed E-state index contributed by atoms with van der Waals surface area (Å²) in [6.45, 7) is 3.95. The van der Waals surface area contributed by atoms with Crippen molar-refractivity contribution < 1.29 is 4.92 Å². The lowest BCUT2D eigenvalue weighted by Gasteiger charge is -2.13. The Labute approximate surface area is 138 Å². The van der Waals surface area contributed by atoms with Gasteiger partial charge in [0.15, 0.2) is 0 Å². The molecule has 0 unspecified atom stereocenters. The zero-order valence-corrected chi connectivity index (χ0v) is 13.5. The molecule has 0 aliphatic rings. The zero-order valence-electron chi connectivity index (χ0n) is 12.7. The molecule has 0 aliphatic heterocycles. The molecule has 122 valence electrons. The van der Waals surface area contributed by atoms with Crippen molar-refractivity contribution in [1.82, 2.24) is 9.97 Å². The average molecular weight is 337 g/mol. The summed E-state index contributed by atoms with van der Waals surface area (Å²) < 4.78 is 0. The van der Waals surface area contributed by atoms with E-state index in [2.05, 4.69) is 20.6 Å². The van der Waals surface area contributed by atoms with Crippen LogP contribution in [0.2, 0.25) is 5.02 Å². The van der Waals surface area contributed by atoms with Crippen molar-refractivity contribution >= 4 is 40.6 Å². The second-order valence-electron chi connectivity index (χ2n) is 4.97. The van der Waals surface area contributed by atoms with E-state index in [1.807, 2.05) is 13.8 Å². The summed E-state index contributed by atoms with van der Waals surface area (Å²) in [6, 6.07) is 6.81. The molecule has 8 nitrogen and oxygen atoms in total. The van der Waals surface area contributed by atoms with Gasteiger partial charge in [-0.3, -0.25) is 10.1 Å². The van der Waals surface area contributed by atoms with Crippen molar-refractivity contribution in [3.05, 3.63) is 39.4 Å². The standard InChI is InChI=1S/C14H17ClN6O2/c1-3-8(2)17-14-19-12(16)11(21(22)23)13(20-14)18-10-6-4-9(15)5-7-10/h4-8H,3H2,1-2H3,(H4,16,17,18,19,20)/t8-/m0/s1. The van der Waals surface area contributed by atoms with E-state index in [0.717, 1.165) is 6.42 Å². The highest BCUT2D eigenvalue weighted by atomic mass is 35.5. The Hall–Kier alpha value is -2.61. The molecule has 1 aromatic carbocycles. The number of halogens is 1. The predicted octanol–water partition coefficient (Wildman–Crippen LogP) is 3.57. The van der Waals surface area contributed by atoms with E-state index in [1.54, 1.807) is 24.3 Å². The van der Waals surface area contributed by atoms with Gasteiger partial charge in [-0.05, 0) is 37.6 Å². The van der Waals surface area contributed by atoms with Crippen LogP contribution >= 0.6 is 11.6 Å². The highest BCUT2D eigenvalue weighted by molar-refractivity contribution is 6.30. The summed E-state index contributed by atoms with van der Waals surface area (Å²) in [5, 5.41) is 17.7. The van der Waals surface area contributed by atoms with Crippen LogP contribution in [0.15, 0.2) is 24.3 Å². The van der Waals surface area contributed by atoms with Crippen LogP contribution < -0.4 is 16.4 Å². The van der Waals surface area contributed by atoms with Crippen LogP contribution in [0, 0.1) is 10.1 Å². The Morgan fingerprint density at radius 1 is 1.35 bits per heavy atom. The summed E-state index contributed by atoms with van der Waals surface area (Å²) in [4.78, 5) is 18.8. The number of hydrogen-bond acceptors (Lipinski definition) is 7. The van der Waals surface area contributed by atoms with Crippen molar-refractivity contribution in [3.8, 4) is 0 Å². The van der Waals surface area contributed by atoms with Crippen LogP contribution in [-0.4, -0.2) is 20.9 Å². The zero-order chi connectivity index (χ0) is 17.0. The third-order valence-corrected chi connectivity index (χ3v) is 3.44. The second kappa shape index (κ2) is 7.10. The van der Waals surface area contributed by atoms with Gasteiger partial charge in [0.05, 0.1) is 4.92 Å². The van der Waals surface area contributed by atoms with Gasteiger partial charge in [0.25, 0.3) is 0 Å². The minimum atomic E-state index is -0.611. The largest absolute Gasteiger partial charge is 0.378 e. The van der Waals surface area contributed by atoms with Gasteiger partial charge in [-0.1, -0.05) is 18.5 Å². The summed E-state index contributed by atoms with van der Waals surface area (Å²) in [5.41, 5.74) is 5.96. The fourth-order valence-electron chi connectivity index (χ4n) is 1.80. The number of benzene rings is 1. The monoisotopic (exact) mass is 336 g/mol. The van der Waals surface area contributed by atoms with Crippen molar-refractivity contribution in [2.45, 2.75) is 26.3 Å². The Morgan fingerprint density at radius 3 is 2.57 bits per heavy atom. The Kier molecular flexibility index (Phi) is 5.17. The number of nitro groups is 1. The second-order valence-corrected chi connectivity index (χ2v) is 5.41. The van der Waals surface area contributed by atoms with E-state index in [9.17, 15) is 10.1 Å². The van der Waals surface area contributed by atoms with Gasteiger partial charge >= 0.3 is 5.69 Å². The third kappa shape index (κ3) is 4.19. The molecular formula is C14H17ClN6O2. The molecular weight excluding hydrogens is 320 g/mol.